The van der Waals surface area contributed by atoms with Crippen LogP contribution < -0.4 is 11.1 Å². The summed E-state index contributed by atoms with van der Waals surface area (Å²) in [5, 5.41) is 2.75. The van der Waals surface area contributed by atoms with Gasteiger partial charge in [0.1, 0.15) is 5.82 Å². The van der Waals surface area contributed by atoms with Crippen LogP contribution in [0.15, 0.2) is 30.6 Å². The summed E-state index contributed by atoms with van der Waals surface area (Å²) in [5.41, 5.74) is 7.01. The van der Waals surface area contributed by atoms with Crippen molar-refractivity contribution in [3.05, 3.63) is 47.8 Å². The van der Waals surface area contributed by atoms with Gasteiger partial charge in [-0.05, 0) is 12.1 Å². The summed E-state index contributed by atoms with van der Waals surface area (Å²) in [6, 6.07) is 5.52. The predicted molar refractivity (Wildman–Crippen MR) is 75.9 cm³/mol. The van der Waals surface area contributed by atoms with Gasteiger partial charge in [0.15, 0.2) is 5.69 Å². The zero-order chi connectivity index (χ0) is 14.5. The molecule has 20 heavy (non-hydrogen) atoms. The van der Waals surface area contributed by atoms with Gasteiger partial charge >= 0.3 is 0 Å². The maximum atomic E-state index is 12.1. The van der Waals surface area contributed by atoms with E-state index in [9.17, 15) is 4.79 Å². The largest absolute Gasteiger partial charge is 0.396 e. The molecule has 0 radical (unpaired) electrons. The van der Waals surface area contributed by atoms with E-state index in [-0.39, 0.29) is 23.2 Å². The van der Waals surface area contributed by atoms with Crippen LogP contribution in [0.2, 0.25) is 0 Å². The van der Waals surface area contributed by atoms with Crippen LogP contribution in [0.25, 0.3) is 0 Å². The number of nitrogens with zero attached hydrogens (tertiary/aromatic N) is 3. The molecule has 6 heteroatoms. The maximum Gasteiger partial charge on any atom is 0.272 e. The number of nitrogens with one attached hydrogen (secondary N) is 1. The van der Waals surface area contributed by atoms with Crippen LogP contribution in [0.1, 0.15) is 41.8 Å². The van der Waals surface area contributed by atoms with Gasteiger partial charge in [0.25, 0.3) is 5.91 Å². The Morgan fingerprint density at radius 1 is 1.35 bits per heavy atom. The highest BCUT2D eigenvalue weighted by Gasteiger charge is 2.14. The molecule has 0 aliphatic heterocycles. The maximum absolute atomic E-state index is 12.1. The van der Waals surface area contributed by atoms with Crippen LogP contribution >= 0.6 is 0 Å². The minimum Gasteiger partial charge on any atom is -0.396 e. The molecule has 0 aromatic carbocycles. The molecular formula is C14H17N5O. The smallest absolute Gasteiger partial charge is 0.272 e. The third-order valence-corrected chi connectivity index (χ3v) is 2.72. The van der Waals surface area contributed by atoms with Gasteiger partial charge in [0.2, 0.25) is 0 Å². The second-order valence-corrected chi connectivity index (χ2v) is 4.69. The van der Waals surface area contributed by atoms with Crippen molar-refractivity contribution in [2.75, 3.05) is 5.73 Å². The third-order valence-electron chi connectivity index (χ3n) is 2.72. The number of pyridine rings is 1. The summed E-state index contributed by atoms with van der Waals surface area (Å²) in [6.45, 7) is 4.25. The summed E-state index contributed by atoms with van der Waals surface area (Å²) < 4.78 is 0. The molecule has 2 aromatic heterocycles. The Labute approximate surface area is 117 Å². The van der Waals surface area contributed by atoms with Crippen molar-refractivity contribution in [3.63, 3.8) is 0 Å². The van der Waals surface area contributed by atoms with E-state index in [1.807, 2.05) is 32.0 Å². The van der Waals surface area contributed by atoms with Crippen LogP contribution in [0, 0.1) is 0 Å². The fourth-order valence-corrected chi connectivity index (χ4v) is 1.62. The van der Waals surface area contributed by atoms with Gasteiger partial charge < -0.3 is 11.1 Å². The lowest BCUT2D eigenvalue weighted by Crippen LogP contribution is -2.26. The van der Waals surface area contributed by atoms with E-state index in [2.05, 4.69) is 20.3 Å². The second kappa shape index (κ2) is 6.10. The highest BCUT2D eigenvalue weighted by Crippen LogP contribution is 2.13. The third kappa shape index (κ3) is 3.28. The topological polar surface area (TPSA) is 93.8 Å². The molecular weight excluding hydrogens is 254 g/mol. The van der Waals surface area contributed by atoms with E-state index in [1.54, 1.807) is 6.20 Å². The number of nitrogen functional groups attached to an aromatic ring is 1. The Morgan fingerprint density at radius 3 is 2.80 bits per heavy atom. The molecule has 0 spiro atoms. The Bertz CT molecular complexity index is 598. The van der Waals surface area contributed by atoms with Crippen molar-refractivity contribution in [2.45, 2.75) is 26.3 Å². The Kier molecular flexibility index (Phi) is 4.24. The zero-order valence-corrected chi connectivity index (χ0v) is 11.5. The monoisotopic (exact) mass is 271 g/mol. The SMILES string of the molecule is CC(C)c1ncc(N)c(C(=O)NCc2ccccn2)n1. The number of carbonyl (C=O) groups excluding carboxylic acids is 1. The summed E-state index contributed by atoms with van der Waals surface area (Å²) >= 11 is 0. The lowest BCUT2D eigenvalue weighted by molar-refractivity contribution is 0.0946. The number of rotatable bonds is 4. The molecule has 104 valence electrons. The van der Waals surface area contributed by atoms with Gasteiger partial charge in [-0.15, -0.1) is 0 Å². The number of anilines is 1. The van der Waals surface area contributed by atoms with Crippen molar-refractivity contribution in [1.29, 1.82) is 0 Å². The van der Waals surface area contributed by atoms with E-state index < -0.39 is 0 Å². The van der Waals surface area contributed by atoms with E-state index in [0.29, 0.717) is 12.4 Å². The Hall–Kier alpha value is -2.50. The van der Waals surface area contributed by atoms with E-state index in [4.69, 9.17) is 5.73 Å². The lowest BCUT2D eigenvalue weighted by atomic mass is 10.2. The zero-order valence-electron chi connectivity index (χ0n) is 11.5. The summed E-state index contributed by atoms with van der Waals surface area (Å²) in [5.74, 6) is 0.414. The first-order valence-electron chi connectivity index (χ1n) is 6.38. The standard InChI is InChI=1S/C14H17N5O/c1-9(2)13-17-8-11(15)12(19-13)14(20)18-7-10-5-3-4-6-16-10/h3-6,8-9H,7,15H2,1-2H3,(H,18,20). The molecule has 2 rings (SSSR count). The van der Waals surface area contributed by atoms with Gasteiger partial charge in [-0.25, -0.2) is 9.97 Å². The summed E-state index contributed by atoms with van der Waals surface area (Å²) in [7, 11) is 0. The molecule has 0 unspecified atom stereocenters. The quantitative estimate of drug-likeness (QED) is 0.879. The fourth-order valence-electron chi connectivity index (χ4n) is 1.62. The molecule has 2 heterocycles. The average Bonchev–Trinajstić information content (AvgIpc) is 2.46. The highest BCUT2D eigenvalue weighted by molar-refractivity contribution is 5.96. The van der Waals surface area contributed by atoms with Crippen molar-refractivity contribution in [2.24, 2.45) is 0 Å². The van der Waals surface area contributed by atoms with Crippen molar-refractivity contribution in [3.8, 4) is 0 Å². The van der Waals surface area contributed by atoms with Gasteiger partial charge in [-0.1, -0.05) is 19.9 Å². The van der Waals surface area contributed by atoms with E-state index in [0.717, 1.165) is 5.69 Å². The lowest BCUT2D eigenvalue weighted by Gasteiger charge is -2.09. The number of hydrogen-bond acceptors (Lipinski definition) is 5. The normalized spacial score (nSPS) is 10.6. The minimum atomic E-state index is -0.322. The van der Waals surface area contributed by atoms with Gasteiger partial charge in [-0.3, -0.25) is 9.78 Å². The van der Waals surface area contributed by atoms with E-state index >= 15 is 0 Å². The Morgan fingerprint density at radius 2 is 2.15 bits per heavy atom. The Balaban J connectivity index is 2.11. The van der Waals surface area contributed by atoms with Crippen LogP contribution in [0.3, 0.4) is 0 Å². The molecule has 0 saturated carbocycles. The molecule has 0 aliphatic carbocycles. The molecule has 0 bridgehead atoms. The van der Waals surface area contributed by atoms with Crippen molar-refractivity contribution >= 4 is 11.6 Å². The second-order valence-electron chi connectivity index (χ2n) is 4.69. The molecule has 2 aromatic rings. The van der Waals surface area contributed by atoms with Crippen molar-refractivity contribution in [1.82, 2.24) is 20.3 Å². The molecule has 3 N–H and O–H groups in total. The van der Waals surface area contributed by atoms with Crippen LogP contribution in [0.4, 0.5) is 5.69 Å². The van der Waals surface area contributed by atoms with Crippen LogP contribution in [-0.2, 0) is 6.54 Å². The summed E-state index contributed by atoms with van der Waals surface area (Å²) in [6.07, 6.45) is 3.15. The highest BCUT2D eigenvalue weighted by atomic mass is 16.1. The first-order valence-corrected chi connectivity index (χ1v) is 6.38. The molecule has 0 fully saturated rings. The predicted octanol–water partition coefficient (Wildman–Crippen LogP) is 1.51. The number of hydrogen-bond donors (Lipinski definition) is 2. The fraction of sp³-hybridized carbons (Fsp3) is 0.286. The number of carbonyl (C=O) groups is 1. The summed E-state index contributed by atoms with van der Waals surface area (Å²) in [4.78, 5) is 24.6. The van der Waals surface area contributed by atoms with Crippen molar-refractivity contribution < 1.29 is 4.79 Å². The van der Waals surface area contributed by atoms with Crippen LogP contribution in [0.5, 0.6) is 0 Å². The number of aromatic nitrogens is 3. The van der Waals surface area contributed by atoms with E-state index in [1.165, 1.54) is 6.20 Å². The minimum absolute atomic E-state index is 0.137. The van der Waals surface area contributed by atoms with Gasteiger partial charge in [-0.2, -0.15) is 0 Å². The number of nitrogens with two attached hydrogens (primary N) is 1. The molecule has 6 nitrogen and oxygen atoms in total. The average molecular weight is 271 g/mol. The number of amides is 1. The molecule has 0 saturated heterocycles. The molecule has 0 aliphatic rings. The van der Waals surface area contributed by atoms with Crippen LogP contribution in [-0.4, -0.2) is 20.9 Å². The molecule has 0 atom stereocenters. The van der Waals surface area contributed by atoms with Gasteiger partial charge in [0.05, 0.1) is 24.1 Å². The van der Waals surface area contributed by atoms with Gasteiger partial charge in [0, 0.05) is 12.1 Å². The first-order chi connectivity index (χ1) is 9.58. The first kappa shape index (κ1) is 13.9. The molecule has 1 amide bonds.